The molecule has 16 heavy (non-hydrogen) atoms. The summed E-state index contributed by atoms with van der Waals surface area (Å²) in [6.07, 6.45) is 0.637. The predicted molar refractivity (Wildman–Crippen MR) is 59.5 cm³/mol. The molecule has 3 N–H and O–H groups in total. The number of hydrogen-bond acceptors (Lipinski definition) is 4. The second-order valence-electron chi connectivity index (χ2n) is 3.19. The Kier molecular flexibility index (Phi) is 4.71. The molecule has 0 saturated heterocycles. The number of nitrogens with one attached hydrogen (secondary N) is 2. The summed E-state index contributed by atoms with van der Waals surface area (Å²) in [5.74, 6) is -1.06. The molecule has 0 saturated carbocycles. The Hall–Kier alpha value is -1.63. The Labute approximate surface area is 96.7 Å². The van der Waals surface area contributed by atoms with Crippen molar-refractivity contribution < 1.29 is 14.7 Å². The van der Waals surface area contributed by atoms with E-state index >= 15 is 0 Å². The van der Waals surface area contributed by atoms with Crippen LogP contribution in [-0.4, -0.2) is 34.7 Å². The number of carbonyl (C=O) groups is 2. The lowest BCUT2D eigenvalue weighted by Gasteiger charge is -2.09. The summed E-state index contributed by atoms with van der Waals surface area (Å²) >= 11 is 1.50. The maximum absolute atomic E-state index is 11.2. The quantitative estimate of drug-likeness (QED) is 0.700. The normalized spacial score (nSPS) is 11.8. The van der Waals surface area contributed by atoms with Gasteiger partial charge in [-0.25, -0.2) is 9.78 Å². The summed E-state index contributed by atoms with van der Waals surface area (Å²) < 4.78 is 0. The number of aromatic nitrogens is 1. The van der Waals surface area contributed by atoms with Gasteiger partial charge in [0.1, 0.15) is 6.04 Å². The number of nitrogens with zero attached hydrogens (tertiary/aromatic N) is 1. The molecule has 1 rings (SSSR count). The van der Waals surface area contributed by atoms with Gasteiger partial charge in [-0.05, 0) is 6.92 Å². The molecule has 1 atom stereocenters. The Morgan fingerprint density at radius 3 is 2.94 bits per heavy atom. The van der Waals surface area contributed by atoms with Crippen LogP contribution in [0.2, 0.25) is 0 Å². The van der Waals surface area contributed by atoms with Crippen LogP contribution in [0.4, 0.5) is 4.79 Å². The zero-order chi connectivity index (χ0) is 12.0. The summed E-state index contributed by atoms with van der Waals surface area (Å²) in [5, 5.41) is 15.3. The van der Waals surface area contributed by atoms with E-state index in [-0.39, 0.29) is 0 Å². The van der Waals surface area contributed by atoms with Crippen molar-refractivity contribution in [3.8, 4) is 0 Å². The SMILES string of the molecule is C[C@@H](NC(=O)NCCc1cscn1)C(=O)O. The second-order valence-corrected chi connectivity index (χ2v) is 3.91. The van der Waals surface area contributed by atoms with E-state index in [1.807, 2.05) is 5.38 Å². The molecule has 7 heteroatoms. The number of carboxylic acids is 1. The van der Waals surface area contributed by atoms with Crippen LogP contribution in [0.25, 0.3) is 0 Å². The largest absolute Gasteiger partial charge is 0.480 e. The fraction of sp³-hybridized carbons (Fsp3) is 0.444. The van der Waals surface area contributed by atoms with Gasteiger partial charge in [-0.15, -0.1) is 11.3 Å². The fourth-order valence-electron chi connectivity index (χ4n) is 0.975. The van der Waals surface area contributed by atoms with E-state index in [2.05, 4.69) is 15.6 Å². The van der Waals surface area contributed by atoms with E-state index < -0.39 is 18.0 Å². The standard InChI is InChI=1S/C9H13N3O3S/c1-6(8(13)14)12-9(15)10-3-2-7-4-16-5-11-7/h4-6H,2-3H2,1H3,(H,13,14)(H2,10,12,15)/t6-/m1/s1. The minimum Gasteiger partial charge on any atom is -0.480 e. The first kappa shape index (κ1) is 12.4. The number of aliphatic carboxylic acids is 1. The van der Waals surface area contributed by atoms with Crippen LogP contribution in [0.3, 0.4) is 0 Å². The Bertz CT molecular complexity index is 353. The van der Waals surface area contributed by atoms with Crippen molar-refractivity contribution in [1.29, 1.82) is 0 Å². The molecule has 0 radical (unpaired) electrons. The first-order valence-corrected chi connectivity index (χ1v) is 5.68. The Morgan fingerprint density at radius 1 is 1.62 bits per heavy atom. The van der Waals surface area contributed by atoms with Gasteiger partial charge in [0, 0.05) is 18.3 Å². The maximum atomic E-state index is 11.2. The van der Waals surface area contributed by atoms with Crippen LogP contribution in [0.1, 0.15) is 12.6 Å². The van der Waals surface area contributed by atoms with Gasteiger partial charge < -0.3 is 15.7 Å². The topological polar surface area (TPSA) is 91.3 Å². The van der Waals surface area contributed by atoms with E-state index in [9.17, 15) is 9.59 Å². The average Bonchev–Trinajstić information content (AvgIpc) is 2.70. The third kappa shape index (κ3) is 4.26. The molecule has 0 unspecified atom stereocenters. The first-order valence-electron chi connectivity index (χ1n) is 4.74. The fourth-order valence-corrected chi connectivity index (χ4v) is 1.57. The van der Waals surface area contributed by atoms with Gasteiger partial charge in [0.15, 0.2) is 0 Å². The molecule has 1 aromatic rings. The molecule has 1 heterocycles. The second kappa shape index (κ2) is 6.06. The van der Waals surface area contributed by atoms with Gasteiger partial charge in [-0.1, -0.05) is 0 Å². The third-order valence-corrected chi connectivity index (χ3v) is 2.50. The van der Waals surface area contributed by atoms with Gasteiger partial charge in [0.2, 0.25) is 0 Å². The molecular formula is C9H13N3O3S. The summed E-state index contributed by atoms with van der Waals surface area (Å²) in [6.45, 7) is 1.84. The van der Waals surface area contributed by atoms with E-state index in [0.29, 0.717) is 13.0 Å². The van der Waals surface area contributed by atoms with Crippen LogP contribution in [-0.2, 0) is 11.2 Å². The van der Waals surface area contributed by atoms with Gasteiger partial charge in [-0.3, -0.25) is 4.79 Å². The average molecular weight is 243 g/mol. The summed E-state index contributed by atoms with van der Waals surface area (Å²) in [7, 11) is 0. The zero-order valence-electron chi connectivity index (χ0n) is 8.77. The minimum atomic E-state index is -1.06. The Balaban J connectivity index is 2.18. The van der Waals surface area contributed by atoms with Gasteiger partial charge in [0.05, 0.1) is 11.2 Å². The van der Waals surface area contributed by atoms with Crippen molar-refractivity contribution in [2.24, 2.45) is 0 Å². The molecule has 0 aliphatic heterocycles. The van der Waals surface area contributed by atoms with Gasteiger partial charge >= 0.3 is 12.0 Å². The van der Waals surface area contributed by atoms with Crippen LogP contribution < -0.4 is 10.6 Å². The van der Waals surface area contributed by atoms with Crippen molar-refractivity contribution in [2.45, 2.75) is 19.4 Å². The number of carbonyl (C=O) groups excluding carboxylic acids is 1. The van der Waals surface area contributed by atoms with Crippen molar-refractivity contribution >= 4 is 23.3 Å². The first-order chi connectivity index (χ1) is 7.59. The lowest BCUT2D eigenvalue weighted by atomic mass is 10.3. The molecule has 1 aromatic heterocycles. The van der Waals surface area contributed by atoms with Crippen LogP contribution >= 0.6 is 11.3 Å². The molecule has 6 nitrogen and oxygen atoms in total. The Morgan fingerprint density at radius 2 is 2.38 bits per heavy atom. The van der Waals surface area contributed by atoms with E-state index in [1.54, 1.807) is 5.51 Å². The highest BCUT2D eigenvalue weighted by molar-refractivity contribution is 7.07. The molecular weight excluding hydrogens is 230 g/mol. The van der Waals surface area contributed by atoms with E-state index in [4.69, 9.17) is 5.11 Å². The molecule has 0 aliphatic rings. The highest BCUT2D eigenvalue weighted by Crippen LogP contribution is 2.00. The maximum Gasteiger partial charge on any atom is 0.325 e. The number of thiazole rings is 1. The third-order valence-electron chi connectivity index (χ3n) is 1.87. The lowest BCUT2D eigenvalue weighted by Crippen LogP contribution is -2.44. The van der Waals surface area contributed by atoms with E-state index in [0.717, 1.165) is 5.69 Å². The molecule has 0 bridgehead atoms. The van der Waals surface area contributed by atoms with E-state index in [1.165, 1.54) is 18.3 Å². The summed E-state index contributed by atoms with van der Waals surface area (Å²) in [5.41, 5.74) is 2.64. The van der Waals surface area contributed by atoms with Crippen molar-refractivity contribution in [2.75, 3.05) is 6.54 Å². The van der Waals surface area contributed by atoms with Gasteiger partial charge in [-0.2, -0.15) is 0 Å². The number of carboxylic acid groups (broad SMARTS) is 1. The monoisotopic (exact) mass is 243 g/mol. The summed E-state index contributed by atoms with van der Waals surface area (Å²) in [6, 6.07) is -1.37. The molecule has 0 spiro atoms. The van der Waals surface area contributed by atoms with Crippen LogP contribution in [0.5, 0.6) is 0 Å². The number of hydrogen-bond donors (Lipinski definition) is 3. The van der Waals surface area contributed by atoms with Crippen molar-refractivity contribution in [3.05, 3.63) is 16.6 Å². The highest BCUT2D eigenvalue weighted by Gasteiger charge is 2.12. The van der Waals surface area contributed by atoms with Crippen molar-refractivity contribution in [1.82, 2.24) is 15.6 Å². The smallest absolute Gasteiger partial charge is 0.325 e. The minimum absolute atomic E-state index is 0.432. The summed E-state index contributed by atoms with van der Waals surface area (Å²) in [4.78, 5) is 25.7. The number of amides is 2. The highest BCUT2D eigenvalue weighted by atomic mass is 32.1. The molecule has 2 amide bonds. The molecule has 0 aliphatic carbocycles. The number of urea groups is 1. The van der Waals surface area contributed by atoms with Gasteiger partial charge in [0.25, 0.3) is 0 Å². The number of rotatable bonds is 5. The zero-order valence-corrected chi connectivity index (χ0v) is 9.58. The van der Waals surface area contributed by atoms with Crippen molar-refractivity contribution in [3.63, 3.8) is 0 Å². The molecule has 0 aromatic carbocycles. The molecule has 88 valence electrons. The van der Waals surface area contributed by atoms with Crippen LogP contribution in [0.15, 0.2) is 10.9 Å². The molecule has 0 fully saturated rings. The van der Waals surface area contributed by atoms with Crippen LogP contribution in [0, 0.1) is 0 Å². The predicted octanol–water partition coefficient (Wildman–Crippen LogP) is 0.458. The lowest BCUT2D eigenvalue weighted by molar-refractivity contribution is -0.138.